The number of hydrogen-bond acceptors (Lipinski definition) is 4. The molecule has 7 nitrogen and oxygen atoms in total. The zero-order chi connectivity index (χ0) is 16.8. The Balaban J connectivity index is 1.89. The number of nitrogens with one attached hydrogen (secondary N) is 1. The van der Waals surface area contributed by atoms with Gasteiger partial charge in [0.15, 0.2) is 6.61 Å². The molecule has 1 aliphatic heterocycles. The van der Waals surface area contributed by atoms with Crippen molar-refractivity contribution in [3.05, 3.63) is 29.8 Å². The molecule has 2 N–H and O–H groups in total. The van der Waals surface area contributed by atoms with Crippen molar-refractivity contribution in [2.75, 3.05) is 19.7 Å². The zero-order valence-corrected chi connectivity index (χ0v) is 12.9. The molecule has 1 aromatic carbocycles. The van der Waals surface area contributed by atoms with Gasteiger partial charge in [-0.3, -0.25) is 9.59 Å². The summed E-state index contributed by atoms with van der Waals surface area (Å²) in [5.41, 5.74) is 0.418. The van der Waals surface area contributed by atoms with E-state index in [0.717, 1.165) is 12.8 Å². The fraction of sp³-hybridized carbons (Fsp3) is 0.438. The molecule has 1 heterocycles. The number of carboxylic acid groups (broad SMARTS) is 1. The summed E-state index contributed by atoms with van der Waals surface area (Å²) in [6.45, 7) is 2.38. The minimum Gasteiger partial charge on any atom is -0.482 e. The van der Waals surface area contributed by atoms with Crippen LogP contribution in [-0.2, 0) is 9.59 Å². The van der Waals surface area contributed by atoms with Crippen molar-refractivity contribution < 1.29 is 24.2 Å². The average Bonchev–Trinajstić information content (AvgIpc) is 2.53. The first-order chi connectivity index (χ1) is 11.0. The van der Waals surface area contributed by atoms with E-state index < -0.39 is 12.6 Å². The number of piperidine rings is 1. The monoisotopic (exact) mass is 320 g/mol. The maximum absolute atomic E-state index is 12.3. The molecule has 1 aliphatic rings. The van der Waals surface area contributed by atoms with Crippen LogP contribution in [0.25, 0.3) is 0 Å². The normalized spacial score (nSPS) is 15.1. The van der Waals surface area contributed by atoms with Gasteiger partial charge in [-0.05, 0) is 31.0 Å². The maximum atomic E-state index is 12.3. The molecule has 7 heteroatoms. The minimum absolute atomic E-state index is 0.0293. The zero-order valence-electron chi connectivity index (χ0n) is 12.9. The molecular formula is C16H20N2O5. The number of rotatable bonds is 5. The number of ether oxygens (including phenoxy) is 1. The topological polar surface area (TPSA) is 95.9 Å². The number of aliphatic carboxylic acids is 1. The highest BCUT2D eigenvalue weighted by Gasteiger charge is 2.22. The predicted molar refractivity (Wildman–Crippen MR) is 82.3 cm³/mol. The Labute approximate surface area is 134 Å². The van der Waals surface area contributed by atoms with E-state index in [1.165, 1.54) is 6.07 Å². The minimum atomic E-state index is -1.07. The van der Waals surface area contributed by atoms with Crippen LogP contribution in [0, 0.1) is 0 Å². The highest BCUT2D eigenvalue weighted by Crippen LogP contribution is 2.15. The lowest BCUT2D eigenvalue weighted by atomic mass is 10.0. The maximum Gasteiger partial charge on any atom is 0.341 e. The predicted octanol–water partition coefficient (Wildman–Crippen LogP) is 0.891. The average molecular weight is 320 g/mol. The highest BCUT2D eigenvalue weighted by atomic mass is 16.5. The SMILES string of the molecule is CC(=O)N1CCC(NC(=O)c2cccc(OCC(=O)O)c2)CC1. The molecule has 0 atom stereocenters. The molecule has 0 aromatic heterocycles. The Kier molecular flexibility index (Phi) is 5.56. The van der Waals surface area contributed by atoms with E-state index >= 15 is 0 Å². The molecule has 0 spiro atoms. The van der Waals surface area contributed by atoms with Crippen LogP contribution < -0.4 is 10.1 Å². The molecule has 0 radical (unpaired) electrons. The van der Waals surface area contributed by atoms with E-state index in [-0.39, 0.29) is 17.9 Å². The summed E-state index contributed by atoms with van der Waals surface area (Å²) >= 11 is 0. The van der Waals surface area contributed by atoms with E-state index in [9.17, 15) is 14.4 Å². The van der Waals surface area contributed by atoms with Crippen LogP contribution in [-0.4, -0.2) is 53.5 Å². The first kappa shape index (κ1) is 16.8. The summed E-state index contributed by atoms with van der Waals surface area (Å²) in [5, 5.41) is 11.5. The first-order valence-electron chi connectivity index (χ1n) is 7.46. The van der Waals surface area contributed by atoms with Gasteiger partial charge in [0.25, 0.3) is 5.91 Å². The van der Waals surface area contributed by atoms with Gasteiger partial charge >= 0.3 is 5.97 Å². The Morgan fingerprint density at radius 2 is 2.00 bits per heavy atom. The lowest BCUT2D eigenvalue weighted by molar-refractivity contribution is -0.139. The van der Waals surface area contributed by atoms with Crippen molar-refractivity contribution in [3.63, 3.8) is 0 Å². The second-order valence-corrected chi connectivity index (χ2v) is 5.46. The number of hydrogen-bond donors (Lipinski definition) is 2. The smallest absolute Gasteiger partial charge is 0.341 e. The second-order valence-electron chi connectivity index (χ2n) is 5.46. The van der Waals surface area contributed by atoms with Crippen LogP contribution in [0.1, 0.15) is 30.1 Å². The van der Waals surface area contributed by atoms with Crippen LogP contribution in [0.4, 0.5) is 0 Å². The lowest BCUT2D eigenvalue weighted by Gasteiger charge is -2.31. The van der Waals surface area contributed by atoms with Crippen LogP contribution in [0.3, 0.4) is 0 Å². The number of carbonyl (C=O) groups excluding carboxylic acids is 2. The third-order valence-corrected chi connectivity index (χ3v) is 3.73. The molecule has 1 saturated heterocycles. The van der Waals surface area contributed by atoms with Crippen molar-refractivity contribution >= 4 is 17.8 Å². The fourth-order valence-corrected chi connectivity index (χ4v) is 2.48. The molecule has 124 valence electrons. The van der Waals surface area contributed by atoms with Gasteiger partial charge in [-0.15, -0.1) is 0 Å². The first-order valence-corrected chi connectivity index (χ1v) is 7.46. The van der Waals surface area contributed by atoms with Gasteiger partial charge in [0, 0.05) is 31.6 Å². The molecule has 23 heavy (non-hydrogen) atoms. The molecule has 0 saturated carbocycles. The van der Waals surface area contributed by atoms with E-state index in [2.05, 4.69) is 5.32 Å². The summed E-state index contributed by atoms with van der Waals surface area (Å²) in [4.78, 5) is 35.8. The summed E-state index contributed by atoms with van der Waals surface area (Å²) in [5.74, 6) is -0.909. The number of carbonyl (C=O) groups is 3. The molecule has 0 bridgehead atoms. The summed E-state index contributed by atoms with van der Waals surface area (Å²) in [6, 6.07) is 6.44. The van der Waals surface area contributed by atoms with Crippen molar-refractivity contribution in [1.29, 1.82) is 0 Å². The largest absolute Gasteiger partial charge is 0.482 e. The quantitative estimate of drug-likeness (QED) is 0.840. The standard InChI is InChI=1S/C16H20N2O5/c1-11(19)18-7-5-13(6-8-18)17-16(22)12-3-2-4-14(9-12)23-10-15(20)21/h2-4,9,13H,5-8,10H2,1H3,(H,17,22)(H,20,21). The summed E-state index contributed by atoms with van der Waals surface area (Å²) < 4.78 is 5.06. The van der Waals surface area contributed by atoms with Crippen LogP contribution in [0.15, 0.2) is 24.3 Å². The highest BCUT2D eigenvalue weighted by molar-refractivity contribution is 5.94. The summed E-state index contributed by atoms with van der Waals surface area (Å²) in [6.07, 6.45) is 1.45. The Morgan fingerprint density at radius 1 is 1.30 bits per heavy atom. The third kappa shape index (κ3) is 4.98. The molecule has 1 aromatic rings. The number of likely N-dealkylation sites (tertiary alicyclic amines) is 1. The molecule has 2 amide bonds. The van der Waals surface area contributed by atoms with Gasteiger partial charge in [-0.25, -0.2) is 4.79 Å². The van der Waals surface area contributed by atoms with Crippen molar-refractivity contribution in [1.82, 2.24) is 10.2 Å². The molecule has 0 aliphatic carbocycles. The van der Waals surface area contributed by atoms with Gasteiger partial charge in [-0.2, -0.15) is 0 Å². The second kappa shape index (κ2) is 7.62. The molecule has 1 fully saturated rings. The van der Waals surface area contributed by atoms with Gasteiger partial charge in [0.05, 0.1) is 0 Å². The van der Waals surface area contributed by atoms with Gasteiger partial charge in [-0.1, -0.05) is 6.07 Å². The van der Waals surface area contributed by atoms with E-state index in [4.69, 9.17) is 9.84 Å². The molecular weight excluding hydrogens is 300 g/mol. The Morgan fingerprint density at radius 3 is 2.61 bits per heavy atom. The van der Waals surface area contributed by atoms with Gasteiger partial charge < -0.3 is 20.1 Å². The number of amides is 2. The Hall–Kier alpha value is -2.57. The van der Waals surface area contributed by atoms with Crippen LogP contribution in [0.2, 0.25) is 0 Å². The number of carboxylic acids is 1. The Bertz CT molecular complexity index is 594. The third-order valence-electron chi connectivity index (χ3n) is 3.73. The summed E-state index contributed by atoms with van der Waals surface area (Å²) in [7, 11) is 0. The van der Waals surface area contributed by atoms with E-state index in [1.807, 2.05) is 0 Å². The van der Waals surface area contributed by atoms with Gasteiger partial charge in [0.2, 0.25) is 5.91 Å². The number of benzene rings is 1. The molecule has 2 rings (SSSR count). The van der Waals surface area contributed by atoms with Crippen LogP contribution in [0.5, 0.6) is 5.75 Å². The number of nitrogens with zero attached hydrogens (tertiary/aromatic N) is 1. The molecule has 0 unspecified atom stereocenters. The lowest BCUT2D eigenvalue weighted by Crippen LogP contribution is -2.46. The van der Waals surface area contributed by atoms with Crippen molar-refractivity contribution in [2.24, 2.45) is 0 Å². The van der Waals surface area contributed by atoms with E-state index in [0.29, 0.717) is 24.4 Å². The van der Waals surface area contributed by atoms with E-state index in [1.54, 1.807) is 30.0 Å². The van der Waals surface area contributed by atoms with Crippen LogP contribution >= 0.6 is 0 Å². The van der Waals surface area contributed by atoms with Crippen molar-refractivity contribution in [2.45, 2.75) is 25.8 Å². The van der Waals surface area contributed by atoms with Gasteiger partial charge in [0.1, 0.15) is 5.75 Å². The van der Waals surface area contributed by atoms with Crippen molar-refractivity contribution in [3.8, 4) is 5.75 Å². The fourth-order valence-electron chi connectivity index (χ4n) is 2.48.